The van der Waals surface area contributed by atoms with Crippen LogP contribution in [0.15, 0.2) is 24.7 Å². The topological polar surface area (TPSA) is 99.2 Å². The molecule has 2 bridgehead atoms. The van der Waals surface area contributed by atoms with Crippen molar-refractivity contribution in [3.05, 3.63) is 36.2 Å². The molecule has 3 fully saturated rings. The van der Waals surface area contributed by atoms with E-state index in [0.717, 1.165) is 56.8 Å². The van der Waals surface area contributed by atoms with Crippen molar-refractivity contribution >= 4 is 11.8 Å². The molecule has 2 aromatic heterocycles. The third-order valence-corrected chi connectivity index (χ3v) is 7.27. The predicted molar refractivity (Wildman–Crippen MR) is 114 cm³/mol. The van der Waals surface area contributed by atoms with Crippen LogP contribution < -0.4 is 5.32 Å². The van der Waals surface area contributed by atoms with Gasteiger partial charge in [-0.2, -0.15) is 5.10 Å². The summed E-state index contributed by atoms with van der Waals surface area (Å²) in [7, 11) is 2.03. The summed E-state index contributed by atoms with van der Waals surface area (Å²) >= 11 is 0. The van der Waals surface area contributed by atoms with Crippen LogP contribution in [0.4, 0.5) is 0 Å². The van der Waals surface area contributed by atoms with Crippen molar-refractivity contribution in [2.75, 3.05) is 19.6 Å². The van der Waals surface area contributed by atoms with Gasteiger partial charge in [-0.15, -0.1) is 0 Å². The number of H-pyrrole nitrogens is 1. The van der Waals surface area contributed by atoms with E-state index >= 15 is 0 Å². The minimum atomic E-state index is -0.382. The highest BCUT2D eigenvalue weighted by atomic mass is 16.2. The molecule has 166 valence electrons. The summed E-state index contributed by atoms with van der Waals surface area (Å²) in [5.41, 5.74) is 0.865. The van der Waals surface area contributed by atoms with Crippen LogP contribution in [-0.4, -0.2) is 73.1 Å². The number of rotatable bonds is 6. The first-order valence-corrected chi connectivity index (χ1v) is 11.4. The first-order valence-electron chi connectivity index (χ1n) is 11.4. The molecule has 31 heavy (non-hydrogen) atoms. The highest BCUT2D eigenvalue weighted by Gasteiger charge is 2.51. The van der Waals surface area contributed by atoms with Gasteiger partial charge in [-0.1, -0.05) is 0 Å². The molecule has 3 aliphatic heterocycles. The van der Waals surface area contributed by atoms with Crippen LogP contribution in [0.25, 0.3) is 0 Å². The Hall–Kier alpha value is -2.68. The Kier molecular flexibility index (Phi) is 5.52. The van der Waals surface area contributed by atoms with Crippen molar-refractivity contribution in [2.45, 2.75) is 50.7 Å². The molecule has 2 aromatic rings. The first-order chi connectivity index (χ1) is 15.1. The molecule has 0 radical (unpaired) electrons. The van der Waals surface area contributed by atoms with Gasteiger partial charge in [0.25, 0.3) is 0 Å². The number of nitrogens with zero attached hydrogens (tertiary/aromatic N) is 5. The van der Waals surface area contributed by atoms with E-state index in [1.54, 1.807) is 6.20 Å². The third kappa shape index (κ3) is 3.98. The van der Waals surface area contributed by atoms with E-state index in [0.29, 0.717) is 18.9 Å². The fraction of sp³-hybridized carbons (Fsp3) is 0.636. The van der Waals surface area contributed by atoms with Gasteiger partial charge in [0.1, 0.15) is 11.9 Å². The zero-order valence-corrected chi connectivity index (χ0v) is 18.0. The van der Waals surface area contributed by atoms with E-state index in [2.05, 4.69) is 30.0 Å². The largest absolute Gasteiger partial charge is 0.349 e. The lowest BCUT2D eigenvalue weighted by Gasteiger charge is -2.55. The van der Waals surface area contributed by atoms with Gasteiger partial charge in [0.05, 0.1) is 12.2 Å². The number of amides is 2. The monoisotopic (exact) mass is 425 g/mol. The molecular weight excluding hydrogens is 394 g/mol. The highest BCUT2D eigenvalue weighted by molar-refractivity contribution is 5.89. The number of fused-ring (bicyclic) bond motifs is 4. The number of nitrogens with one attached hydrogen (secondary N) is 2. The second-order valence-electron chi connectivity index (χ2n) is 9.22. The summed E-state index contributed by atoms with van der Waals surface area (Å²) < 4.78 is 2.07. The summed E-state index contributed by atoms with van der Waals surface area (Å²) in [4.78, 5) is 35.1. The van der Waals surface area contributed by atoms with Crippen LogP contribution >= 0.6 is 0 Å². The zero-order valence-electron chi connectivity index (χ0n) is 18.0. The van der Waals surface area contributed by atoms with Gasteiger partial charge in [0, 0.05) is 70.1 Å². The van der Waals surface area contributed by atoms with Crippen LogP contribution in [0.5, 0.6) is 0 Å². The molecule has 3 saturated heterocycles. The van der Waals surface area contributed by atoms with Crippen LogP contribution in [-0.2, 0) is 29.6 Å². The molecule has 0 unspecified atom stereocenters. The number of aromatic nitrogens is 4. The molecular formula is C22H31N7O2. The predicted octanol–water partition coefficient (Wildman–Crippen LogP) is 0.704. The van der Waals surface area contributed by atoms with Gasteiger partial charge in [-0.25, -0.2) is 4.98 Å². The molecule has 3 aliphatic rings. The minimum absolute atomic E-state index is 0.0377. The number of hydrogen-bond acceptors (Lipinski definition) is 5. The number of hydrogen-bond donors (Lipinski definition) is 2. The number of aromatic amines is 1. The smallest absolute Gasteiger partial charge is 0.243 e. The van der Waals surface area contributed by atoms with E-state index in [-0.39, 0.29) is 29.8 Å². The second kappa shape index (κ2) is 8.45. The second-order valence-corrected chi connectivity index (χ2v) is 9.22. The molecule has 0 aromatic carbocycles. The Morgan fingerprint density at radius 2 is 2.16 bits per heavy atom. The lowest BCUT2D eigenvalue weighted by Crippen LogP contribution is -2.68. The molecule has 0 aliphatic carbocycles. The van der Waals surface area contributed by atoms with Crippen molar-refractivity contribution in [1.82, 2.24) is 34.9 Å². The van der Waals surface area contributed by atoms with Gasteiger partial charge in [-0.3, -0.25) is 14.7 Å². The van der Waals surface area contributed by atoms with Crippen molar-refractivity contribution in [3.8, 4) is 0 Å². The Labute approximate surface area is 182 Å². The van der Waals surface area contributed by atoms with Crippen molar-refractivity contribution in [2.24, 2.45) is 18.9 Å². The van der Waals surface area contributed by atoms with Crippen LogP contribution in [0.1, 0.15) is 37.2 Å². The maximum atomic E-state index is 13.3. The van der Waals surface area contributed by atoms with Gasteiger partial charge in [-0.05, 0) is 31.2 Å². The van der Waals surface area contributed by atoms with Gasteiger partial charge < -0.3 is 19.7 Å². The lowest BCUT2D eigenvalue weighted by atomic mass is 9.71. The Balaban J connectivity index is 1.32. The fourth-order valence-electron chi connectivity index (χ4n) is 5.84. The number of likely N-dealkylation sites (tertiary alicyclic amines) is 1. The van der Waals surface area contributed by atoms with Crippen LogP contribution in [0.3, 0.4) is 0 Å². The molecule has 2 N–H and O–H groups in total. The van der Waals surface area contributed by atoms with Crippen molar-refractivity contribution in [1.29, 1.82) is 0 Å². The number of carbonyl (C=O) groups excluding carboxylic acids is 2. The third-order valence-electron chi connectivity index (χ3n) is 7.27. The summed E-state index contributed by atoms with van der Waals surface area (Å²) in [6, 6.07) is 1.65. The molecule has 9 nitrogen and oxygen atoms in total. The minimum Gasteiger partial charge on any atom is -0.349 e. The average molecular weight is 426 g/mol. The quantitative estimate of drug-likeness (QED) is 0.710. The maximum absolute atomic E-state index is 13.3. The zero-order chi connectivity index (χ0) is 21.4. The molecule has 5 heterocycles. The van der Waals surface area contributed by atoms with E-state index in [4.69, 9.17) is 0 Å². The number of aryl methyl sites for hydroxylation is 1. The molecule has 9 heteroatoms. The number of imidazole rings is 1. The van der Waals surface area contributed by atoms with Gasteiger partial charge >= 0.3 is 0 Å². The SMILES string of the molecule is Cn1ccnc1CCN1C[C@H]2C[C@@H](C1)[C@H](C(=O)NCc1ccn[nH]1)N1C(=O)CCC[C@@H]21. The van der Waals surface area contributed by atoms with Crippen LogP contribution in [0, 0.1) is 11.8 Å². The van der Waals surface area contributed by atoms with E-state index < -0.39 is 0 Å². The Morgan fingerprint density at radius 3 is 2.94 bits per heavy atom. The molecule has 0 spiro atoms. The van der Waals surface area contributed by atoms with Crippen molar-refractivity contribution < 1.29 is 9.59 Å². The molecule has 5 rings (SSSR count). The normalized spacial score (nSPS) is 28.4. The summed E-state index contributed by atoms with van der Waals surface area (Å²) in [6.45, 7) is 3.18. The molecule has 2 amide bonds. The van der Waals surface area contributed by atoms with E-state index in [9.17, 15) is 9.59 Å². The van der Waals surface area contributed by atoms with E-state index in [1.807, 2.05) is 30.4 Å². The van der Waals surface area contributed by atoms with Gasteiger partial charge in [0.15, 0.2) is 0 Å². The van der Waals surface area contributed by atoms with E-state index in [1.165, 1.54) is 0 Å². The van der Waals surface area contributed by atoms with Crippen LogP contribution in [0.2, 0.25) is 0 Å². The first kappa shape index (κ1) is 20.2. The Morgan fingerprint density at radius 1 is 1.29 bits per heavy atom. The summed E-state index contributed by atoms with van der Waals surface area (Å²) in [6.07, 6.45) is 9.90. The average Bonchev–Trinajstić information content (AvgIpc) is 3.43. The summed E-state index contributed by atoms with van der Waals surface area (Å²) in [5.74, 6) is 1.80. The van der Waals surface area contributed by atoms with Gasteiger partial charge in [0.2, 0.25) is 11.8 Å². The number of piperidine rings is 3. The molecule has 0 saturated carbocycles. The maximum Gasteiger partial charge on any atom is 0.243 e. The summed E-state index contributed by atoms with van der Waals surface area (Å²) in [5, 5.41) is 9.88. The van der Waals surface area contributed by atoms with Crippen molar-refractivity contribution in [3.63, 3.8) is 0 Å². The standard InChI is InChI=1S/C22H31N7O2/c1-27-10-8-23-19(27)6-9-28-13-15-11-16(14-28)21(29-18(15)3-2-4-20(29)30)22(31)24-12-17-5-7-25-26-17/h5,7-8,10,15-16,18,21H,2-4,6,9,11-14H2,1H3,(H,24,31)(H,25,26)/t15-,16+,18+,21-/m1/s1. The Bertz CT molecular complexity index is 924. The molecule has 4 atom stereocenters. The number of carbonyl (C=O) groups is 2. The lowest BCUT2D eigenvalue weighted by molar-refractivity contribution is -0.160. The highest BCUT2D eigenvalue weighted by Crippen LogP contribution is 2.41. The fourth-order valence-corrected chi connectivity index (χ4v) is 5.84.